The van der Waals surface area contributed by atoms with E-state index in [0.717, 1.165) is 0 Å². The van der Waals surface area contributed by atoms with Gasteiger partial charge in [0, 0.05) is 0 Å². The third-order valence-corrected chi connectivity index (χ3v) is 3.35. The number of anilines is 2. The summed E-state index contributed by atoms with van der Waals surface area (Å²) >= 11 is 0. The van der Waals surface area contributed by atoms with Crippen molar-refractivity contribution in [3.05, 3.63) is 36.4 Å². The van der Waals surface area contributed by atoms with Gasteiger partial charge in [0.25, 0.3) is 0 Å². The summed E-state index contributed by atoms with van der Waals surface area (Å²) < 4.78 is 0. The van der Waals surface area contributed by atoms with E-state index in [1.165, 1.54) is 0 Å². The zero-order valence-electron chi connectivity index (χ0n) is 12.5. The Balaban J connectivity index is 2.09. The Morgan fingerprint density at radius 2 is 1.21 bits per heavy atom. The maximum Gasteiger partial charge on any atom is 0.322 e. The number of rotatable bonds is 6. The van der Waals surface area contributed by atoms with E-state index in [-0.39, 0.29) is 13.1 Å². The van der Waals surface area contributed by atoms with E-state index >= 15 is 0 Å². The van der Waals surface area contributed by atoms with Crippen molar-refractivity contribution < 1.29 is 19.8 Å². The second kappa shape index (κ2) is 6.37. The SMILES string of the molecule is O=C(O)CNc1cccc2nc3c(NCC(=O)O)cccc3nc12. The molecular formula is C16H14N4O4. The van der Waals surface area contributed by atoms with Gasteiger partial charge in [-0.25, -0.2) is 9.97 Å². The number of nitrogens with one attached hydrogen (secondary N) is 2. The number of aliphatic carboxylic acids is 2. The van der Waals surface area contributed by atoms with Crippen LogP contribution < -0.4 is 10.6 Å². The Hall–Kier alpha value is -3.42. The first-order valence-corrected chi connectivity index (χ1v) is 7.15. The largest absolute Gasteiger partial charge is 0.480 e. The predicted octanol–water partition coefficient (Wildman–Crippen LogP) is 1.78. The number of hydrogen-bond donors (Lipinski definition) is 4. The van der Waals surface area contributed by atoms with Crippen molar-refractivity contribution in [3.8, 4) is 0 Å². The third kappa shape index (κ3) is 3.17. The second-order valence-electron chi connectivity index (χ2n) is 5.06. The number of carbonyl (C=O) groups is 2. The molecular weight excluding hydrogens is 312 g/mol. The van der Waals surface area contributed by atoms with Crippen molar-refractivity contribution in [2.45, 2.75) is 0 Å². The Morgan fingerprint density at radius 3 is 1.58 bits per heavy atom. The normalized spacial score (nSPS) is 10.7. The molecule has 0 saturated heterocycles. The molecule has 8 nitrogen and oxygen atoms in total. The van der Waals surface area contributed by atoms with E-state index < -0.39 is 11.9 Å². The Labute approximate surface area is 136 Å². The van der Waals surface area contributed by atoms with E-state index in [2.05, 4.69) is 20.6 Å². The minimum Gasteiger partial charge on any atom is -0.480 e. The van der Waals surface area contributed by atoms with Crippen molar-refractivity contribution in [1.29, 1.82) is 0 Å². The highest BCUT2D eigenvalue weighted by molar-refractivity contribution is 5.98. The zero-order chi connectivity index (χ0) is 17.1. The average molecular weight is 326 g/mol. The second-order valence-corrected chi connectivity index (χ2v) is 5.06. The molecule has 0 amide bonds. The molecule has 3 rings (SSSR count). The minimum absolute atomic E-state index is 0.223. The molecule has 122 valence electrons. The van der Waals surface area contributed by atoms with Crippen LogP contribution >= 0.6 is 0 Å². The smallest absolute Gasteiger partial charge is 0.322 e. The monoisotopic (exact) mass is 326 g/mol. The van der Waals surface area contributed by atoms with Gasteiger partial charge in [-0.05, 0) is 24.3 Å². The predicted molar refractivity (Wildman–Crippen MR) is 89.3 cm³/mol. The van der Waals surface area contributed by atoms with Gasteiger partial charge in [-0.3, -0.25) is 9.59 Å². The highest BCUT2D eigenvalue weighted by atomic mass is 16.4. The van der Waals surface area contributed by atoms with Gasteiger partial charge >= 0.3 is 11.9 Å². The van der Waals surface area contributed by atoms with Gasteiger partial charge < -0.3 is 20.8 Å². The third-order valence-electron chi connectivity index (χ3n) is 3.35. The van der Waals surface area contributed by atoms with Crippen LogP contribution in [0.3, 0.4) is 0 Å². The molecule has 8 heteroatoms. The fourth-order valence-corrected chi connectivity index (χ4v) is 2.35. The van der Waals surface area contributed by atoms with Crippen molar-refractivity contribution in [3.63, 3.8) is 0 Å². The van der Waals surface area contributed by atoms with E-state index in [1.54, 1.807) is 36.4 Å². The minimum atomic E-state index is -0.971. The van der Waals surface area contributed by atoms with Gasteiger partial charge in [0.1, 0.15) is 24.1 Å². The van der Waals surface area contributed by atoms with Gasteiger partial charge in [-0.1, -0.05) is 12.1 Å². The quantitative estimate of drug-likeness (QED) is 0.505. The summed E-state index contributed by atoms with van der Waals surface area (Å²) in [6, 6.07) is 10.5. The van der Waals surface area contributed by atoms with Crippen molar-refractivity contribution in [1.82, 2.24) is 9.97 Å². The average Bonchev–Trinajstić information content (AvgIpc) is 2.56. The topological polar surface area (TPSA) is 124 Å². The van der Waals surface area contributed by atoms with Crippen LogP contribution in [0.15, 0.2) is 36.4 Å². The van der Waals surface area contributed by atoms with Crippen molar-refractivity contribution >= 4 is 45.4 Å². The lowest BCUT2D eigenvalue weighted by molar-refractivity contribution is -0.135. The van der Waals surface area contributed by atoms with Gasteiger partial charge in [0.2, 0.25) is 0 Å². The highest BCUT2D eigenvalue weighted by Crippen LogP contribution is 2.26. The Kier molecular flexibility index (Phi) is 4.11. The van der Waals surface area contributed by atoms with Crippen LogP contribution in [0.1, 0.15) is 0 Å². The van der Waals surface area contributed by atoms with Crippen LogP contribution in [0.5, 0.6) is 0 Å². The molecule has 0 spiro atoms. The van der Waals surface area contributed by atoms with E-state index in [1.807, 2.05) is 0 Å². The highest BCUT2D eigenvalue weighted by Gasteiger charge is 2.10. The summed E-state index contributed by atoms with van der Waals surface area (Å²) in [6.45, 7) is -0.446. The fourth-order valence-electron chi connectivity index (χ4n) is 2.35. The molecule has 0 atom stereocenters. The van der Waals surface area contributed by atoms with Crippen LogP contribution in [0, 0.1) is 0 Å². The maximum atomic E-state index is 10.7. The molecule has 0 aliphatic heterocycles. The van der Waals surface area contributed by atoms with Crippen LogP contribution in [-0.2, 0) is 9.59 Å². The number of carboxylic acid groups (broad SMARTS) is 2. The summed E-state index contributed by atoms with van der Waals surface area (Å²) in [5.74, 6) is -1.94. The summed E-state index contributed by atoms with van der Waals surface area (Å²) in [4.78, 5) is 30.6. The number of nitrogens with zero attached hydrogens (tertiary/aromatic N) is 2. The number of benzene rings is 2. The molecule has 0 aliphatic rings. The molecule has 2 aromatic carbocycles. The summed E-state index contributed by atoms with van der Waals surface area (Å²) in [6.07, 6.45) is 0. The van der Waals surface area contributed by atoms with E-state index in [0.29, 0.717) is 33.4 Å². The molecule has 0 fully saturated rings. The molecule has 1 heterocycles. The lowest BCUT2D eigenvalue weighted by atomic mass is 10.2. The number of carboxylic acids is 2. The molecule has 24 heavy (non-hydrogen) atoms. The van der Waals surface area contributed by atoms with Crippen molar-refractivity contribution in [2.24, 2.45) is 0 Å². The summed E-state index contributed by atoms with van der Waals surface area (Å²) in [5.41, 5.74) is 3.44. The zero-order valence-corrected chi connectivity index (χ0v) is 12.5. The summed E-state index contributed by atoms with van der Waals surface area (Å²) in [5, 5.41) is 23.2. The lowest BCUT2D eigenvalue weighted by Crippen LogP contribution is -2.13. The first kappa shape index (κ1) is 15.5. The van der Waals surface area contributed by atoms with Gasteiger partial charge in [-0.2, -0.15) is 0 Å². The van der Waals surface area contributed by atoms with Gasteiger partial charge in [0.05, 0.1) is 22.4 Å². The van der Waals surface area contributed by atoms with Crippen LogP contribution in [0.25, 0.3) is 22.1 Å². The molecule has 0 saturated carbocycles. The number of aromatic nitrogens is 2. The molecule has 4 N–H and O–H groups in total. The lowest BCUT2D eigenvalue weighted by Gasteiger charge is -2.10. The van der Waals surface area contributed by atoms with E-state index in [9.17, 15) is 9.59 Å². The fraction of sp³-hybridized carbons (Fsp3) is 0.125. The number of fused-ring (bicyclic) bond motifs is 2. The molecule has 1 aromatic heterocycles. The van der Waals surface area contributed by atoms with E-state index in [4.69, 9.17) is 10.2 Å². The van der Waals surface area contributed by atoms with Gasteiger partial charge in [-0.15, -0.1) is 0 Å². The first-order chi connectivity index (χ1) is 11.5. The Morgan fingerprint density at radius 1 is 0.792 bits per heavy atom. The molecule has 0 aliphatic carbocycles. The van der Waals surface area contributed by atoms with Gasteiger partial charge in [0.15, 0.2) is 0 Å². The van der Waals surface area contributed by atoms with Crippen LogP contribution in [-0.4, -0.2) is 45.2 Å². The van der Waals surface area contributed by atoms with Crippen LogP contribution in [0.4, 0.5) is 11.4 Å². The number of hydrogen-bond acceptors (Lipinski definition) is 6. The standard InChI is InChI=1S/C16H14N4O4/c21-13(22)7-17-9-3-1-5-11-15(9)20-12-6-2-4-10(16(12)19-11)18-8-14(23)24/h1-6,17-18H,7-8H2,(H,21,22)(H,23,24). The molecule has 0 radical (unpaired) electrons. The Bertz CT molecular complexity index is 864. The maximum absolute atomic E-state index is 10.7. The molecule has 0 bridgehead atoms. The molecule has 3 aromatic rings. The first-order valence-electron chi connectivity index (χ1n) is 7.15. The van der Waals surface area contributed by atoms with Crippen molar-refractivity contribution in [2.75, 3.05) is 23.7 Å². The van der Waals surface area contributed by atoms with Crippen LogP contribution in [0.2, 0.25) is 0 Å². The summed E-state index contributed by atoms with van der Waals surface area (Å²) in [7, 11) is 0. The number of para-hydroxylation sites is 2. The molecule has 0 unspecified atom stereocenters.